The van der Waals surface area contributed by atoms with Gasteiger partial charge in [0, 0.05) is 24.5 Å². The molecule has 0 aliphatic heterocycles. The molecule has 0 saturated heterocycles. The quantitative estimate of drug-likeness (QED) is 0.305. The second kappa shape index (κ2) is 11.2. The van der Waals surface area contributed by atoms with Crippen LogP contribution in [0.2, 0.25) is 0 Å². The van der Waals surface area contributed by atoms with Gasteiger partial charge in [0.25, 0.3) is 5.91 Å². The lowest BCUT2D eigenvalue weighted by Crippen LogP contribution is -2.50. The molecule has 2 aliphatic carbocycles. The Morgan fingerprint density at radius 1 is 1.11 bits per heavy atom. The molecule has 2 aromatic carbocycles. The second-order valence-corrected chi connectivity index (χ2v) is 9.47. The number of carbonyl (C=O) groups excluding carboxylic acids is 1. The van der Waals surface area contributed by atoms with E-state index in [1.54, 1.807) is 19.2 Å². The number of rotatable bonds is 8. The van der Waals surface area contributed by atoms with Crippen LogP contribution in [0.4, 0.5) is 4.39 Å². The SMILES string of the molecule is COc1ccccc1C(=O)NC[C@]1(c2ccc(F)cc2)CC[C@@H](N/C(=N/C#N)NCC2CC2)CC1. The van der Waals surface area contributed by atoms with Gasteiger partial charge in [-0.15, -0.1) is 4.99 Å². The second-order valence-electron chi connectivity index (χ2n) is 9.47. The number of nitrogens with one attached hydrogen (secondary N) is 3. The van der Waals surface area contributed by atoms with Crippen LogP contribution in [0.3, 0.4) is 0 Å². The van der Waals surface area contributed by atoms with Gasteiger partial charge in [0.05, 0.1) is 12.7 Å². The Morgan fingerprint density at radius 3 is 2.49 bits per heavy atom. The van der Waals surface area contributed by atoms with Crippen molar-refractivity contribution in [2.24, 2.45) is 10.9 Å². The van der Waals surface area contributed by atoms with Crippen LogP contribution in [0.5, 0.6) is 5.75 Å². The van der Waals surface area contributed by atoms with Crippen molar-refractivity contribution >= 4 is 11.9 Å². The third kappa shape index (κ3) is 6.30. The minimum absolute atomic E-state index is 0.160. The summed E-state index contributed by atoms with van der Waals surface area (Å²) in [6.07, 6.45) is 7.57. The number of nitriles is 1. The number of guanidine groups is 1. The Balaban J connectivity index is 1.45. The molecule has 184 valence electrons. The lowest BCUT2D eigenvalue weighted by Gasteiger charge is -2.41. The lowest BCUT2D eigenvalue weighted by atomic mass is 9.68. The Labute approximate surface area is 205 Å². The Kier molecular flexibility index (Phi) is 7.86. The van der Waals surface area contributed by atoms with Crippen molar-refractivity contribution < 1.29 is 13.9 Å². The van der Waals surface area contributed by atoms with E-state index in [2.05, 4.69) is 20.9 Å². The molecule has 1 amide bonds. The third-order valence-corrected chi connectivity index (χ3v) is 7.10. The predicted octanol–water partition coefficient (Wildman–Crippen LogP) is 3.87. The average Bonchev–Trinajstić information content (AvgIpc) is 3.72. The van der Waals surface area contributed by atoms with Crippen molar-refractivity contribution in [2.45, 2.75) is 50.0 Å². The summed E-state index contributed by atoms with van der Waals surface area (Å²) in [5.41, 5.74) is 1.17. The molecule has 0 bridgehead atoms. The molecule has 7 nitrogen and oxygen atoms in total. The van der Waals surface area contributed by atoms with E-state index in [4.69, 9.17) is 10.00 Å². The average molecular weight is 478 g/mol. The molecule has 3 N–H and O–H groups in total. The number of nitrogens with zero attached hydrogens (tertiary/aromatic N) is 2. The number of aliphatic imine (C=N–C) groups is 1. The number of carbonyl (C=O) groups is 1. The molecular weight excluding hydrogens is 445 g/mol. The van der Waals surface area contributed by atoms with E-state index >= 15 is 0 Å². The molecule has 0 radical (unpaired) electrons. The first kappa shape index (κ1) is 24.5. The van der Waals surface area contributed by atoms with E-state index in [9.17, 15) is 9.18 Å². The fourth-order valence-corrected chi connectivity index (χ4v) is 4.79. The highest BCUT2D eigenvalue weighted by Crippen LogP contribution is 2.39. The molecule has 0 heterocycles. The Bertz CT molecular complexity index is 1080. The first-order valence-corrected chi connectivity index (χ1v) is 12.2. The van der Waals surface area contributed by atoms with E-state index in [1.165, 1.54) is 25.0 Å². The predicted molar refractivity (Wildman–Crippen MR) is 133 cm³/mol. The van der Waals surface area contributed by atoms with Gasteiger partial charge in [0.1, 0.15) is 11.6 Å². The molecule has 2 aromatic rings. The summed E-state index contributed by atoms with van der Waals surface area (Å²) in [5.74, 6) is 1.25. The Hall–Kier alpha value is -3.60. The van der Waals surface area contributed by atoms with Crippen LogP contribution in [-0.2, 0) is 5.41 Å². The zero-order valence-corrected chi connectivity index (χ0v) is 20.0. The number of benzene rings is 2. The highest BCUT2D eigenvalue weighted by molar-refractivity contribution is 5.97. The number of ether oxygens (including phenoxy) is 1. The summed E-state index contributed by atoms with van der Waals surface area (Å²) in [6, 6.07) is 13.9. The molecule has 8 heteroatoms. The van der Waals surface area contributed by atoms with Crippen molar-refractivity contribution in [3.63, 3.8) is 0 Å². The number of hydrogen-bond donors (Lipinski definition) is 3. The number of methoxy groups -OCH3 is 1. The van der Waals surface area contributed by atoms with Gasteiger partial charge in [-0.25, -0.2) is 4.39 Å². The molecule has 2 aliphatic rings. The smallest absolute Gasteiger partial charge is 0.255 e. The van der Waals surface area contributed by atoms with Crippen LogP contribution >= 0.6 is 0 Å². The first-order chi connectivity index (χ1) is 17.0. The van der Waals surface area contributed by atoms with Gasteiger partial charge in [0.2, 0.25) is 12.2 Å². The van der Waals surface area contributed by atoms with Gasteiger partial charge in [-0.2, -0.15) is 5.26 Å². The summed E-state index contributed by atoms with van der Waals surface area (Å²) in [6.45, 7) is 1.26. The molecule has 0 atom stereocenters. The molecule has 0 spiro atoms. The maximum Gasteiger partial charge on any atom is 0.255 e. The van der Waals surface area contributed by atoms with Crippen LogP contribution < -0.4 is 20.7 Å². The zero-order chi connectivity index (χ0) is 24.7. The zero-order valence-electron chi connectivity index (χ0n) is 20.0. The molecule has 4 rings (SSSR count). The maximum absolute atomic E-state index is 13.7. The summed E-state index contributed by atoms with van der Waals surface area (Å²) in [4.78, 5) is 16.9. The van der Waals surface area contributed by atoms with E-state index < -0.39 is 0 Å². The van der Waals surface area contributed by atoms with Gasteiger partial charge in [-0.1, -0.05) is 24.3 Å². The Morgan fingerprint density at radius 2 is 1.83 bits per heavy atom. The molecule has 0 aromatic heterocycles. The monoisotopic (exact) mass is 477 g/mol. The summed E-state index contributed by atoms with van der Waals surface area (Å²) in [5, 5.41) is 18.8. The fraction of sp³-hybridized carbons (Fsp3) is 0.444. The van der Waals surface area contributed by atoms with Crippen LogP contribution in [0, 0.1) is 23.2 Å². The number of amides is 1. The minimum Gasteiger partial charge on any atom is -0.496 e. The van der Waals surface area contributed by atoms with Gasteiger partial charge in [-0.05, 0) is 74.3 Å². The van der Waals surface area contributed by atoms with Gasteiger partial charge < -0.3 is 20.7 Å². The fourth-order valence-electron chi connectivity index (χ4n) is 4.79. The molecule has 0 unspecified atom stereocenters. The molecule has 2 saturated carbocycles. The van der Waals surface area contributed by atoms with Crippen LogP contribution in [0.25, 0.3) is 0 Å². The van der Waals surface area contributed by atoms with E-state index in [-0.39, 0.29) is 23.2 Å². The van der Waals surface area contributed by atoms with Gasteiger partial charge in [0.15, 0.2) is 0 Å². The van der Waals surface area contributed by atoms with Crippen LogP contribution in [-0.4, -0.2) is 38.1 Å². The summed E-state index contributed by atoms with van der Waals surface area (Å²) in [7, 11) is 1.55. The normalized spacial score (nSPS) is 22.1. The van der Waals surface area contributed by atoms with Crippen molar-refractivity contribution in [2.75, 3.05) is 20.2 Å². The van der Waals surface area contributed by atoms with Crippen LogP contribution in [0.1, 0.15) is 54.4 Å². The molecule has 2 fully saturated rings. The van der Waals surface area contributed by atoms with E-state index in [0.717, 1.165) is 37.8 Å². The maximum atomic E-state index is 13.7. The molecule has 35 heavy (non-hydrogen) atoms. The van der Waals surface area contributed by atoms with Crippen molar-refractivity contribution in [3.05, 3.63) is 65.5 Å². The topological polar surface area (TPSA) is 98.5 Å². The number of halogens is 1. The highest BCUT2D eigenvalue weighted by atomic mass is 19.1. The first-order valence-electron chi connectivity index (χ1n) is 12.2. The summed E-state index contributed by atoms with van der Waals surface area (Å²) < 4.78 is 19.0. The summed E-state index contributed by atoms with van der Waals surface area (Å²) >= 11 is 0. The van der Waals surface area contributed by atoms with Crippen molar-refractivity contribution in [1.82, 2.24) is 16.0 Å². The van der Waals surface area contributed by atoms with Gasteiger partial charge >= 0.3 is 0 Å². The minimum atomic E-state index is -0.322. The number of hydrogen-bond acceptors (Lipinski definition) is 4. The standard InChI is InChI=1S/C27H32FN5O2/c1-35-24-5-3-2-4-23(24)25(34)31-17-27(20-8-10-21(28)11-9-20)14-12-22(13-15-27)33-26(32-18-29)30-16-19-6-7-19/h2-5,8-11,19,22H,6-7,12-17H2,1H3,(H,31,34)(H2,30,32,33)/t22-,27+. The van der Waals surface area contributed by atoms with Crippen molar-refractivity contribution in [3.8, 4) is 11.9 Å². The third-order valence-electron chi connectivity index (χ3n) is 7.10. The molecular formula is C27H32FN5O2. The van der Waals surface area contributed by atoms with E-state index in [0.29, 0.717) is 29.7 Å². The van der Waals surface area contributed by atoms with Crippen LogP contribution in [0.15, 0.2) is 53.5 Å². The van der Waals surface area contributed by atoms with Gasteiger partial charge in [-0.3, -0.25) is 4.79 Å². The largest absolute Gasteiger partial charge is 0.496 e. The van der Waals surface area contributed by atoms with E-state index in [1.807, 2.05) is 30.5 Å². The van der Waals surface area contributed by atoms with Crippen molar-refractivity contribution in [1.29, 1.82) is 5.26 Å². The lowest BCUT2D eigenvalue weighted by molar-refractivity contribution is 0.0932. The highest BCUT2D eigenvalue weighted by Gasteiger charge is 2.38. The number of para-hydroxylation sites is 1.